The van der Waals surface area contributed by atoms with Crippen LogP contribution >= 0.6 is 34.5 Å². The number of carboxylic acids is 1. The number of hydrogen-bond donors (Lipinski definition) is 3. The number of ether oxygens (including phenoxy) is 2. The molecule has 1 aromatic heterocycles. The lowest BCUT2D eigenvalue weighted by atomic mass is 9.93. The Bertz CT molecular complexity index is 2960. The van der Waals surface area contributed by atoms with Crippen molar-refractivity contribution < 1.29 is 37.4 Å². The molecule has 8 rings (SSSR count). The van der Waals surface area contributed by atoms with Gasteiger partial charge in [0.25, 0.3) is 15.9 Å². The first-order chi connectivity index (χ1) is 30.6. The van der Waals surface area contributed by atoms with Gasteiger partial charge in [0.1, 0.15) is 30.2 Å². The van der Waals surface area contributed by atoms with Crippen LogP contribution in [0.15, 0.2) is 107 Å². The van der Waals surface area contributed by atoms with Gasteiger partial charge in [-0.15, -0.1) is 0 Å². The van der Waals surface area contributed by atoms with Crippen molar-refractivity contribution in [1.82, 2.24) is 14.6 Å². The van der Waals surface area contributed by atoms with Crippen LogP contribution in [0.3, 0.4) is 0 Å². The Morgan fingerprint density at radius 3 is 2.28 bits per heavy atom. The number of rotatable bonds is 12. The number of nitrogens with one attached hydrogen (secondary N) is 1. The highest BCUT2D eigenvalue weighted by Crippen LogP contribution is 2.43. The molecule has 14 nitrogen and oxygen atoms in total. The first-order valence-electron chi connectivity index (χ1n) is 19.7. The summed E-state index contributed by atoms with van der Waals surface area (Å²) in [4.78, 5) is 46.3. The summed E-state index contributed by atoms with van der Waals surface area (Å²) in [6.07, 6.45) is -1.28. The summed E-state index contributed by atoms with van der Waals surface area (Å²) in [5.41, 5.74) is 11.8. The Hall–Kier alpha value is -6.48. The van der Waals surface area contributed by atoms with Gasteiger partial charge in [-0.25, -0.2) is 18.2 Å². The van der Waals surface area contributed by atoms with Crippen molar-refractivity contribution in [2.45, 2.75) is 55.3 Å². The number of hydrogen-bond acceptors (Lipinski definition) is 11. The SMILES string of the molecule is Cc1nc(N)sc1S(=O)(=O)N1Cc2cc3c(cc2C[C@H]1C(=O)N[C@@H](Cc1ccc(-c2ccc(C#N)cc2)cc1)C(=O)O)N(C)C(=O)[C@@H](c1ccc(OCc2ccc(Cl)c(Cl)c2)cc1)O3. The lowest BCUT2D eigenvalue weighted by Crippen LogP contribution is -2.55. The summed E-state index contributed by atoms with van der Waals surface area (Å²) >= 11 is 12.9. The third kappa shape index (κ3) is 8.99. The van der Waals surface area contributed by atoms with Crippen LogP contribution in [0.25, 0.3) is 11.1 Å². The number of nitrogen functional groups attached to an aromatic ring is 1. The van der Waals surface area contributed by atoms with E-state index in [1.54, 1.807) is 85.9 Å². The number of nitrogens with zero attached hydrogens (tertiary/aromatic N) is 4. The zero-order chi connectivity index (χ0) is 45.4. The second kappa shape index (κ2) is 17.9. The van der Waals surface area contributed by atoms with Crippen LogP contribution in [0.4, 0.5) is 10.8 Å². The highest BCUT2D eigenvalue weighted by molar-refractivity contribution is 7.91. The zero-order valence-electron chi connectivity index (χ0n) is 34.1. The van der Waals surface area contributed by atoms with E-state index >= 15 is 0 Å². The molecule has 2 aliphatic rings. The molecule has 0 spiro atoms. The number of anilines is 2. The second-order valence-electron chi connectivity index (χ2n) is 15.3. The van der Waals surface area contributed by atoms with Gasteiger partial charge in [0.2, 0.25) is 12.0 Å². The van der Waals surface area contributed by atoms with E-state index in [0.717, 1.165) is 32.3 Å². The predicted molar refractivity (Wildman–Crippen MR) is 242 cm³/mol. The molecule has 4 N–H and O–H groups in total. The fraction of sp³-hybridized carbons (Fsp3) is 0.196. The average Bonchev–Trinajstić information content (AvgIpc) is 3.65. The highest BCUT2D eigenvalue weighted by Gasteiger charge is 2.44. The molecule has 3 heterocycles. The molecule has 0 radical (unpaired) electrons. The minimum absolute atomic E-state index is 0.0258. The van der Waals surface area contributed by atoms with Crippen LogP contribution in [0.1, 0.15) is 45.2 Å². The van der Waals surface area contributed by atoms with E-state index in [9.17, 15) is 27.9 Å². The number of fused-ring (bicyclic) bond motifs is 2. The number of nitriles is 1. The van der Waals surface area contributed by atoms with Crippen molar-refractivity contribution in [1.29, 1.82) is 5.26 Å². The Labute approximate surface area is 382 Å². The van der Waals surface area contributed by atoms with E-state index in [2.05, 4.69) is 16.4 Å². The molecule has 0 bridgehead atoms. The minimum Gasteiger partial charge on any atom is -0.489 e. The van der Waals surface area contributed by atoms with Crippen molar-refractivity contribution in [3.63, 3.8) is 0 Å². The van der Waals surface area contributed by atoms with Crippen LogP contribution in [-0.4, -0.2) is 59.7 Å². The van der Waals surface area contributed by atoms with Crippen LogP contribution in [0, 0.1) is 18.3 Å². The number of nitrogens with two attached hydrogens (primary N) is 1. The summed E-state index contributed by atoms with van der Waals surface area (Å²) in [7, 11) is -2.83. The molecule has 0 saturated heterocycles. The molecule has 2 aliphatic heterocycles. The van der Waals surface area contributed by atoms with Crippen LogP contribution < -0.4 is 25.4 Å². The Morgan fingerprint density at radius 1 is 0.984 bits per heavy atom. The number of aliphatic carboxylic acids is 1. The summed E-state index contributed by atoms with van der Waals surface area (Å²) in [5, 5.41) is 22.9. The fourth-order valence-corrected chi connectivity index (χ4v) is 10.9. The quantitative estimate of drug-likeness (QED) is 0.110. The molecule has 6 aromatic rings. The highest BCUT2D eigenvalue weighted by atomic mass is 35.5. The monoisotopic (exact) mass is 936 g/mol. The lowest BCUT2D eigenvalue weighted by molar-refractivity contribution is -0.142. The van der Waals surface area contributed by atoms with Crippen molar-refractivity contribution in [2.75, 3.05) is 17.7 Å². The molecule has 5 aromatic carbocycles. The van der Waals surface area contributed by atoms with Gasteiger partial charge in [-0.2, -0.15) is 9.57 Å². The molecule has 0 unspecified atom stereocenters. The topological polar surface area (TPSA) is 205 Å². The standard InChI is InChI=1S/C46H38Cl2N6O8S2/c1-25-45(63-46(50)51-25)64(59,60)54-23-33-21-40-38(53(2)43(56)41(62-40)31-12-14-34(15-13-31)61-24-28-7-16-35(47)36(48)17-28)19-32(33)20-39(54)42(55)52-37(44(57)58)18-26-3-8-29(9-4-26)30-10-5-27(22-49)6-11-30/h3-17,19,21,37,39,41H,18,20,23-24H2,1-2H3,(H2,50,51)(H,52,55)(H,57,58)/t37-,39-,41+/m0/s1. The molecule has 0 saturated carbocycles. The molecule has 0 aliphatic carbocycles. The maximum atomic E-state index is 14.5. The van der Waals surface area contributed by atoms with Crippen molar-refractivity contribution in [2.24, 2.45) is 0 Å². The second-order valence-corrected chi connectivity index (χ2v) is 19.2. The van der Waals surface area contributed by atoms with Gasteiger partial charge >= 0.3 is 5.97 Å². The Morgan fingerprint density at radius 2 is 1.66 bits per heavy atom. The molecule has 64 heavy (non-hydrogen) atoms. The number of carboxylic acid groups (broad SMARTS) is 1. The normalized spacial score (nSPS) is 16.5. The molecule has 326 valence electrons. The first kappa shape index (κ1) is 44.1. The number of amides is 2. The number of aromatic nitrogens is 1. The Balaban J connectivity index is 1.04. The third-order valence-electron chi connectivity index (χ3n) is 11.1. The number of thiazole rings is 1. The largest absolute Gasteiger partial charge is 0.489 e. The van der Waals surface area contributed by atoms with E-state index in [4.69, 9.17) is 43.7 Å². The van der Waals surface area contributed by atoms with Gasteiger partial charge in [-0.1, -0.05) is 89.1 Å². The summed E-state index contributed by atoms with van der Waals surface area (Å²) in [5.74, 6) is -1.64. The molecule has 0 fully saturated rings. The average molecular weight is 938 g/mol. The number of carbonyl (C=O) groups excluding carboxylic acids is 2. The molecular weight excluding hydrogens is 900 g/mol. The van der Waals surface area contributed by atoms with Gasteiger partial charge in [-0.05, 0) is 95.3 Å². The summed E-state index contributed by atoms with van der Waals surface area (Å²) < 4.78 is 42.1. The minimum atomic E-state index is -4.43. The number of likely N-dealkylation sites (N-methyl/N-ethyl adjacent to an activating group) is 1. The van der Waals surface area contributed by atoms with Gasteiger partial charge in [0.05, 0.1) is 33.1 Å². The van der Waals surface area contributed by atoms with Crippen molar-refractivity contribution in [3.05, 3.63) is 152 Å². The Kier molecular flexibility index (Phi) is 12.4. The molecule has 3 atom stereocenters. The maximum absolute atomic E-state index is 14.5. The van der Waals surface area contributed by atoms with Gasteiger partial charge in [-0.3, -0.25) is 9.59 Å². The number of carbonyl (C=O) groups is 3. The molecule has 2 amide bonds. The maximum Gasteiger partial charge on any atom is 0.326 e. The van der Waals surface area contributed by atoms with E-state index in [1.807, 2.05) is 24.3 Å². The first-order valence-corrected chi connectivity index (χ1v) is 22.7. The van der Waals surface area contributed by atoms with Crippen LogP contribution in [0.2, 0.25) is 10.0 Å². The summed E-state index contributed by atoms with van der Waals surface area (Å²) in [6, 6.07) is 28.9. The van der Waals surface area contributed by atoms with Crippen molar-refractivity contribution in [3.8, 4) is 28.7 Å². The lowest BCUT2D eigenvalue weighted by Gasteiger charge is -2.38. The molecular formula is C46H38Cl2N6O8S2. The smallest absolute Gasteiger partial charge is 0.326 e. The number of sulfonamides is 1. The van der Waals surface area contributed by atoms with Gasteiger partial charge < -0.3 is 30.5 Å². The number of benzene rings is 5. The van der Waals surface area contributed by atoms with Crippen LogP contribution in [0.5, 0.6) is 11.5 Å². The fourth-order valence-electron chi connectivity index (χ4n) is 7.65. The number of aryl methyl sites for hydroxylation is 1. The van der Waals surface area contributed by atoms with E-state index < -0.39 is 40.1 Å². The van der Waals surface area contributed by atoms with E-state index in [-0.39, 0.29) is 46.9 Å². The zero-order valence-corrected chi connectivity index (χ0v) is 37.3. The van der Waals surface area contributed by atoms with E-state index in [1.165, 1.54) is 11.8 Å². The predicted octanol–water partition coefficient (Wildman–Crippen LogP) is 7.48. The van der Waals surface area contributed by atoms with Gasteiger partial charge in [0.15, 0.2) is 9.34 Å². The molecule has 18 heteroatoms. The number of halogens is 2. The summed E-state index contributed by atoms with van der Waals surface area (Å²) in [6.45, 7) is 1.45. The van der Waals surface area contributed by atoms with E-state index in [0.29, 0.717) is 55.0 Å². The van der Waals surface area contributed by atoms with Crippen molar-refractivity contribution >= 4 is 73.2 Å². The third-order valence-corrected chi connectivity index (χ3v) is 15.2. The van der Waals surface area contributed by atoms with Crippen LogP contribution in [-0.2, 0) is 50.4 Å². The van der Waals surface area contributed by atoms with Gasteiger partial charge in [0, 0.05) is 25.6 Å².